The Morgan fingerprint density at radius 1 is 1.42 bits per heavy atom. The van der Waals surface area contributed by atoms with Gasteiger partial charge in [0.2, 0.25) is 0 Å². The number of hydrogen-bond donors (Lipinski definition) is 1. The number of halogens is 2. The van der Waals surface area contributed by atoms with Gasteiger partial charge in [-0.3, -0.25) is 0 Å². The van der Waals surface area contributed by atoms with Crippen LogP contribution in [0.1, 0.15) is 5.56 Å². The Bertz CT molecular complexity index is 276. The molecule has 4 heteroatoms. The van der Waals surface area contributed by atoms with E-state index in [4.69, 9.17) is 22.1 Å². The lowest BCUT2D eigenvalue weighted by molar-refractivity contribution is 0.416. The first kappa shape index (κ1) is 11.4. The third kappa shape index (κ3) is 1.96. The highest BCUT2D eigenvalue weighted by atomic mass is 35.5. The van der Waals surface area contributed by atoms with Crippen LogP contribution >= 0.6 is 24.0 Å². The van der Waals surface area contributed by atoms with Gasteiger partial charge in [-0.25, -0.2) is 0 Å². The van der Waals surface area contributed by atoms with Crippen molar-refractivity contribution >= 4 is 29.7 Å². The van der Waals surface area contributed by atoms with Crippen LogP contribution in [0.25, 0.3) is 0 Å². The van der Waals surface area contributed by atoms with E-state index in [9.17, 15) is 0 Å². The number of anilines is 1. The van der Waals surface area contributed by atoms with Crippen LogP contribution in [0.4, 0.5) is 5.69 Å². The Labute approximate surface area is 83.1 Å². The summed E-state index contributed by atoms with van der Waals surface area (Å²) < 4.78 is 5.00. The molecule has 0 atom stereocenters. The van der Waals surface area contributed by atoms with E-state index >= 15 is 0 Å². The highest BCUT2D eigenvalue weighted by molar-refractivity contribution is 6.31. The summed E-state index contributed by atoms with van der Waals surface area (Å²) in [6.07, 6.45) is 0. The van der Waals surface area contributed by atoms with Crippen LogP contribution in [0.15, 0.2) is 12.1 Å². The van der Waals surface area contributed by atoms with E-state index in [1.165, 1.54) is 0 Å². The fourth-order valence-electron chi connectivity index (χ4n) is 0.855. The Morgan fingerprint density at radius 2 is 2.00 bits per heavy atom. The van der Waals surface area contributed by atoms with Crippen LogP contribution in [0, 0.1) is 6.92 Å². The van der Waals surface area contributed by atoms with Crippen molar-refractivity contribution in [3.8, 4) is 5.75 Å². The second-order valence-corrected chi connectivity index (χ2v) is 2.70. The van der Waals surface area contributed by atoms with Crippen molar-refractivity contribution in [2.75, 3.05) is 12.8 Å². The second-order valence-electron chi connectivity index (χ2n) is 2.29. The molecule has 0 spiro atoms. The summed E-state index contributed by atoms with van der Waals surface area (Å²) in [7, 11) is 1.58. The van der Waals surface area contributed by atoms with Gasteiger partial charge in [-0.1, -0.05) is 11.6 Å². The Balaban J connectivity index is 0.00000121. The molecule has 0 aliphatic carbocycles. The van der Waals surface area contributed by atoms with Gasteiger partial charge in [-0.2, -0.15) is 0 Å². The third-order valence-corrected chi connectivity index (χ3v) is 2.04. The highest BCUT2D eigenvalue weighted by Crippen LogP contribution is 2.29. The van der Waals surface area contributed by atoms with Gasteiger partial charge in [0, 0.05) is 5.02 Å². The number of benzene rings is 1. The molecule has 12 heavy (non-hydrogen) atoms. The average Bonchev–Trinajstić information content (AvgIpc) is 2.01. The number of methoxy groups -OCH3 is 1. The zero-order chi connectivity index (χ0) is 8.43. The molecular weight excluding hydrogens is 197 g/mol. The first-order chi connectivity index (χ1) is 5.16. The molecule has 0 heterocycles. The fourth-order valence-corrected chi connectivity index (χ4v) is 1.02. The van der Waals surface area contributed by atoms with Crippen LogP contribution in [0.5, 0.6) is 5.75 Å². The minimum absolute atomic E-state index is 0. The Morgan fingerprint density at radius 3 is 2.50 bits per heavy atom. The monoisotopic (exact) mass is 207 g/mol. The van der Waals surface area contributed by atoms with Crippen molar-refractivity contribution in [2.24, 2.45) is 0 Å². The molecule has 0 aliphatic rings. The van der Waals surface area contributed by atoms with Crippen LogP contribution in [0.3, 0.4) is 0 Å². The molecule has 1 aromatic carbocycles. The first-order valence-corrected chi connectivity index (χ1v) is 3.63. The van der Waals surface area contributed by atoms with Gasteiger partial charge < -0.3 is 10.5 Å². The quantitative estimate of drug-likeness (QED) is 0.720. The summed E-state index contributed by atoms with van der Waals surface area (Å²) in [4.78, 5) is 0. The standard InChI is InChI=1S/C8H10ClNO.ClH/c1-5-6(9)3-4-7(11-2)8(5)10;/h3-4H,10H2,1-2H3;1H. The van der Waals surface area contributed by atoms with Crippen molar-refractivity contribution in [3.05, 3.63) is 22.7 Å². The molecule has 0 bridgehead atoms. The molecule has 0 saturated heterocycles. The van der Waals surface area contributed by atoms with Crippen molar-refractivity contribution < 1.29 is 4.74 Å². The number of ether oxygens (including phenoxy) is 1. The summed E-state index contributed by atoms with van der Waals surface area (Å²) in [5, 5.41) is 0.670. The maximum atomic E-state index is 5.81. The summed E-state index contributed by atoms with van der Waals surface area (Å²) in [6, 6.07) is 3.52. The normalized spacial score (nSPS) is 8.92. The third-order valence-electron chi connectivity index (χ3n) is 1.63. The minimum Gasteiger partial charge on any atom is -0.495 e. The number of nitrogen functional groups attached to an aromatic ring is 1. The summed E-state index contributed by atoms with van der Waals surface area (Å²) in [5.74, 6) is 0.673. The van der Waals surface area contributed by atoms with Crippen LogP contribution < -0.4 is 10.5 Å². The van der Waals surface area contributed by atoms with E-state index in [2.05, 4.69) is 0 Å². The minimum atomic E-state index is 0. The van der Waals surface area contributed by atoms with Gasteiger partial charge in [0.05, 0.1) is 12.8 Å². The van der Waals surface area contributed by atoms with Crippen molar-refractivity contribution in [1.82, 2.24) is 0 Å². The van der Waals surface area contributed by atoms with Crippen LogP contribution in [0.2, 0.25) is 5.02 Å². The molecule has 0 saturated carbocycles. The Kier molecular flexibility index (Phi) is 4.21. The van der Waals surface area contributed by atoms with E-state index in [1.807, 2.05) is 6.92 Å². The van der Waals surface area contributed by atoms with Gasteiger partial charge in [-0.15, -0.1) is 12.4 Å². The van der Waals surface area contributed by atoms with Gasteiger partial charge >= 0.3 is 0 Å². The van der Waals surface area contributed by atoms with E-state index in [1.54, 1.807) is 19.2 Å². The van der Waals surface area contributed by atoms with E-state index < -0.39 is 0 Å². The molecule has 0 fully saturated rings. The Hall–Kier alpha value is -0.600. The zero-order valence-electron chi connectivity index (χ0n) is 6.93. The van der Waals surface area contributed by atoms with Crippen molar-refractivity contribution in [1.29, 1.82) is 0 Å². The topological polar surface area (TPSA) is 35.2 Å². The van der Waals surface area contributed by atoms with Gasteiger partial charge in [-0.05, 0) is 24.6 Å². The van der Waals surface area contributed by atoms with Crippen LogP contribution in [-0.2, 0) is 0 Å². The molecule has 0 aliphatic heterocycles. The smallest absolute Gasteiger partial charge is 0.142 e. The highest BCUT2D eigenvalue weighted by Gasteiger charge is 2.04. The molecule has 1 rings (SSSR count). The van der Waals surface area contributed by atoms with Crippen molar-refractivity contribution in [3.63, 3.8) is 0 Å². The fraction of sp³-hybridized carbons (Fsp3) is 0.250. The molecule has 1 aromatic rings. The molecule has 2 N–H and O–H groups in total. The second kappa shape index (κ2) is 4.43. The SMILES string of the molecule is COc1ccc(Cl)c(C)c1N.Cl. The largest absolute Gasteiger partial charge is 0.495 e. The van der Waals surface area contributed by atoms with Gasteiger partial charge in [0.15, 0.2) is 0 Å². The lowest BCUT2D eigenvalue weighted by Crippen LogP contribution is -1.95. The lowest BCUT2D eigenvalue weighted by Gasteiger charge is -2.07. The first-order valence-electron chi connectivity index (χ1n) is 3.25. The average molecular weight is 208 g/mol. The predicted molar refractivity (Wildman–Crippen MR) is 54.4 cm³/mol. The maximum Gasteiger partial charge on any atom is 0.142 e. The molecular formula is C8H11Cl2NO. The number of hydrogen-bond acceptors (Lipinski definition) is 2. The zero-order valence-corrected chi connectivity index (χ0v) is 8.50. The lowest BCUT2D eigenvalue weighted by atomic mass is 10.2. The number of nitrogens with two attached hydrogens (primary N) is 1. The van der Waals surface area contributed by atoms with Gasteiger partial charge in [0.1, 0.15) is 5.75 Å². The molecule has 0 radical (unpaired) electrons. The van der Waals surface area contributed by atoms with E-state index in [-0.39, 0.29) is 12.4 Å². The van der Waals surface area contributed by atoms with Gasteiger partial charge in [0.25, 0.3) is 0 Å². The summed E-state index contributed by atoms with van der Waals surface area (Å²) in [6.45, 7) is 1.86. The predicted octanol–water partition coefficient (Wildman–Crippen LogP) is 2.66. The molecule has 0 aromatic heterocycles. The van der Waals surface area contributed by atoms with E-state index in [0.29, 0.717) is 16.5 Å². The molecule has 0 amide bonds. The molecule has 68 valence electrons. The number of rotatable bonds is 1. The maximum absolute atomic E-state index is 5.81. The van der Waals surface area contributed by atoms with Crippen LogP contribution in [-0.4, -0.2) is 7.11 Å². The molecule has 0 unspecified atom stereocenters. The summed E-state index contributed by atoms with van der Waals surface area (Å²) in [5.41, 5.74) is 7.16. The van der Waals surface area contributed by atoms with Crippen molar-refractivity contribution in [2.45, 2.75) is 6.92 Å². The van der Waals surface area contributed by atoms with E-state index in [0.717, 1.165) is 5.56 Å². The summed E-state index contributed by atoms with van der Waals surface area (Å²) >= 11 is 5.81. The molecule has 2 nitrogen and oxygen atoms in total.